The quantitative estimate of drug-likeness (QED) is 0.452. The van der Waals surface area contributed by atoms with Gasteiger partial charge in [-0.25, -0.2) is 4.98 Å². The topological polar surface area (TPSA) is 107 Å². The molecule has 0 aliphatic heterocycles. The summed E-state index contributed by atoms with van der Waals surface area (Å²) in [5.74, 6) is -0.215. The summed E-state index contributed by atoms with van der Waals surface area (Å²) < 4.78 is 0. The van der Waals surface area contributed by atoms with E-state index in [9.17, 15) is 15.0 Å². The Hall–Kier alpha value is -1.99. The van der Waals surface area contributed by atoms with Crippen LogP contribution in [0.2, 0.25) is 0 Å². The number of aliphatic hydroxyl groups excluding tert-OH is 2. The van der Waals surface area contributed by atoms with Crippen LogP contribution in [0.15, 0.2) is 12.3 Å². The lowest BCUT2D eigenvalue weighted by Gasteiger charge is -2.16. The van der Waals surface area contributed by atoms with Crippen LogP contribution < -0.4 is 4.90 Å². The fourth-order valence-corrected chi connectivity index (χ4v) is 2.67. The molecule has 2 unspecified atom stereocenters. The van der Waals surface area contributed by atoms with E-state index in [4.69, 9.17) is 5.11 Å². The minimum atomic E-state index is -0.881. The first-order chi connectivity index (χ1) is 12.8. The number of rotatable bonds is 13. The molecule has 27 heavy (non-hydrogen) atoms. The monoisotopic (exact) mass is 379 g/mol. The summed E-state index contributed by atoms with van der Waals surface area (Å²) in [5.41, 5.74) is 0.979. The lowest BCUT2D eigenvalue weighted by Crippen LogP contribution is -2.14. The van der Waals surface area contributed by atoms with Crippen LogP contribution >= 0.6 is 0 Å². The Balaban J connectivity index is 2.82. The summed E-state index contributed by atoms with van der Waals surface area (Å²) in [6.07, 6.45) is 9.18. The van der Waals surface area contributed by atoms with Crippen LogP contribution in [0, 0.1) is 0 Å². The first-order valence-corrected chi connectivity index (χ1v) is 9.63. The van der Waals surface area contributed by atoms with Gasteiger partial charge < -0.3 is 20.2 Å². The summed E-state index contributed by atoms with van der Waals surface area (Å²) in [5, 5.41) is 29.2. The van der Waals surface area contributed by atoms with E-state index in [0.29, 0.717) is 36.5 Å². The van der Waals surface area contributed by atoms with Gasteiger partial charge in [-0.05, 0) is 31.8 Å². The molecule has 1 aromatic heterocycles. The van der Waals surface area contributed by atoms with Crippen molar-refractivity contribution in [3.05, 3.63) is 23.7 Å². The van der Waals surface area contributed by atoms with Gasteiger partial charge in [0.2, 0.25) is 0 Å². The van der Waals surface area contributed by atoms with E-state index in [1.54, 1.807) is 12.3 Å². The van der Waals surface area contributed by atoms with E-state index in [1.807, 2.05) is 25.1 Å². The Labute approximate surface area is 161 Å². The van der Waals surface area contributed by atoms with Gasteiger partial charge in [0.1, 0.15) is 5.82 Å². The molecular weight excluding hydrogens is 346 g/mol. The highest BCUT2D eigenvalue weighted by molar-refractivity contribution is 5.66. The maximum atomic E-state index is 10.7. The number of aliphatic hydroxyl groups is 2. The highest BCUT2D eigenvalue weighted by Gasteiger charge is 2.16. The first kappa shape index (κ1) is 23.0. The molecule has 0 amide bonds. The number of anilines is 1. The average molecular weight is 380 g/mol. The molecule has 0 aliphatic rings. The van der Waals surface area contributed by atoms with Gasteiger partial charge in [0.25, 0.3) is 0 Å². The molecule has 0 saturated carbocycles. The van der Waals surface area contributed by atoms with Gasteiger partial charge in [0.05, 0.1) is 29.8 Å². The van der Waals surface area contributed by atoms with Crippen LogP contribution in [0.5, 0.6) is 0 Å². The summed E-state index contributed by atoms with van der Waals surface area (Å²) in [6.45, 7) is 2.13. The maximum Gasteiger partial charge on any atom is 0.303 e. The summed E-state index contributed by atoms with van der Waals surface area (Å²) in [4.78, 5) is 21.3. The Morgan fingerprint density at radius 1 is 1.22 bits per heavy atom. The maximum absolute atomic E-state index is 10.7. The van der Waals surface area contributed by atoms with E-state index in [1.165, 1.54) is 0 Å². The standard InChI is InChI=1S/C20H33N3O4/c1-4-5-6-9-15(24)10-7-11-16-20(17(25)12-8-13-19(26)27)21-14-18(22-16)23(2)3/h7,11,14-15,17,24-25H,4-6,8-10,12-13H2,1-3H3,(H,26,27)/b11-7+. The fourth-order valence-electron chi connectivity index (χ4n) is 2.67. The summed E-state index contributed by atoms with van der Waals surface area (Å²) in [6, 6.07) is 0. The molecule has 1 aromatic rings. The molecule has 0 fully saturated rings. The summed E-state index contributed by atoms with van der Waals surface area (Å²) in [7, 11) is 3.72. The number of carboxylic acids is 1. The second kappa shape index (κ2) is 12.4. The van der Waals surface area contributed by atoms with Crippen molar-refractivity contribution in [2.24, 2.45) is 0 Å². The van der Waals surface area contributed by atoms with Gasteiger partial charge in [-0.1, -0.05) is 32.3 Å². The first-order valence-electron chi connectivity index (χ1n) is 9.63. The van der Waals surface area contributed by atoms with E-state index >= 15 is 0 Å². The van der Waals surface area contributed by atoms with Crippen molar-refractivity contribution < 1.29 is 20.1 Å². The molecule has 7 heteroatoms. The van der Waals surface area contributed by atoms with Crippen molar-refractivity contribution in [1.29, 1.82) is 0 Å². The molecule has 1 rings (SSSR count). The molecule has 7 nitrogen and oxygen atoms in total. The van der Waals surface area contributed by atoms with Gasteiger partial charge in [-0.15, -0.1) is 0 Å². The van der Waals surface area contributed by atoms with Crippen LogP contribution in [0.4, 0.5) is 5.82 Å². The van der Waals surface area contributed by atoms with Crippen molar-refractivity contribution in [2.75, 3.05) is 19.0 Å². The zero-order chi connectivity index (χ0) is 20.2. The molecule has 1 heterocycles. The van der Waals surface area contributed by atoms with Crippen LogP contribution in [-0.2, 0) is 4.79 Å². The number of aliphatic carboxylic acids is 1. The fraction of sp³-hybridized carbons (Fsp3) is 0.650. The van der Waals surface area contributed by atoms with Crippen LogP contribution in [-0.4, -0.2) is 51.5 Å². The Kier molecular flexibility index (Phi) is 10.6. The SMILES string of the molecule is CCCCCC(O)C/C=C/c1nc(N(C)C)cnc1C(O)CCCC(=O)O. The predicted molar refractivity (Wildman–Crippen MR) is 107 cm³/mol. The molecule has 152 valence electrons. The van der Waals surface area contributed by atoms with E-state index in [-0.39, 0.29) is 12.5 Å². The third-order valence-electron chi connectivity index (χ3n) is 4.28. The Morgan fingerprint density at radius 2 is 1.96 bits per heavy atom. The zero-order valence-electron chi connectivity index (χ0n) is 16.6. The number of hydrogen-bond donors (Lipinski definition) is 3. The molecule has 0 spiro atoms. The third-order valence-corrected chi connectivity index (χ3v) is 4.28. The van der Waals surface area contributed by atoms with Gasteiger partial charge in [-0.3, -0.25) is 9.78 Å². The highest BCUT2D eigenvalue weighted by Crippen LogP contribution is 2.23. The molecule has 0 aromatic carbocycles. The minimum absolute atomic E-state index is 0.00932. The van der Waals surface area contributed by atoms with Crippen molar-refractivity contribution in [2.45, 2.75) is 70.5 Å². The number of carbonyl (C=O) groups is 1. The molecule has 3 N–H and O–H groups in total. The van der Waals surface area contributed by atoms with E-state index < -0.39 is 12.1 Å². The van der Waals surface area contributed by atoms with Crippen molar-refractivity contribution >= 4 is 17.9 Å². The summed E-state index contributed by atoms with van der Waals surface area (Å²) >= 11 is 0. The van der Waals surface area contributed by atoms with E-state index in [0.717, 1.165) is 25.7 Å². The van der Waals surface area contributed by atoms with Gasteiger partial charge >= 0.3 is 5.97 Å². The highest BCUT2D eigenvalue weighted by atomic mass is 16.4. The molecule has 0 aliphatic carbocycles. The smallest absolute Gasteiger partial charge is 0.303 e. The molecular formula is C20H33N3O4. The van der Waals surface area contributed by atoms with Crippen molar-refractivity contribution in [3.63, 3.8) is 0 Å². The third kappa shape index (κ3) is 8.97. The number of nitrogens with zero attached hydrogens (tertiary/aromatic N) is 3. The zero-order valence-corrected chi connectivity index (χ0v) is 16.6. The largest absolute Gasteiger partial charge is 0.481 e. The number of carboxylic acid groups (broad SMARTS) is 1. The molecule has 0 radical (unpaired) electrons. The molecule has 2 atom stereocenters. The number of aromatic nitrogens is 2. The van der Waals surface area contributed by atoms with Crippen LogP contribution in [0.3, 0.4) is 0 Å². The molecule has 0 bridgehead atoms. The minimum Gasteiger partial charge on any atom is -0.481 e. The molecule has 0 saturated heterocycles. The van der Waals surface area contributed by atoms with Crippen molar-refractivity contribution in [1.82, 2.24) is 9.97 Å². The van der Waals surface area contributed by atoms with Gasteiger partial charge in [0.15, 0.2) is 0 Å². The Bertz CT molecular complexity index is 605. The second-order valence-electron chi connectivity index (χ2n) is 6.98. The predicted octanol–water partition coefficient (Wildman–Crippen LogP) is 3.18. The average Bonchev–Trinajstić information content (AvgIpc) is 2.61. The van der Waals surface area contributed by atoms with Crippen LogP contribution in [0.1, 0.15) is 75.8 Å². The lowest BCUT2D eigenvalue weighted by atomic mass is 10.1. The number of hydrogen-bond acceptors (Lipinski definition) is 6. The van der Waals surface area contributed by atoms with Gasteiger partial charge in [0, 0.05) is 20.5 Å². The van der Waals surface area contributed by atoms with E-state index in [2.05, 4.69) is 16.9 Å². The lowest BCUT2D eigenvalue weighted by molar-refractivity contribution is -0.137. The Morgan fingerprint density at radius 3 is 2.59 bits per heavy atom. The normalized spacial score (nSPS) is 13.7. The van der Waals surface area contributed by atoms with Gasteiger partial charge in [-0.2, -0.15) is 0 Å². The second-order valence-corrected chi connectivity index (χ2v) is 6.98. The van der Waals surface area contributed by atoms with Crippen molar-refractivity contribution in [3.8, 4) is 0 Å². The van der Waals surface area contributed by atoms with Crippen LogP contribution in [0.25, 0.3) is 6.08 Å². The number of unbranched alkanes of at least 4 members (excludes halogenated alkanes) is 2.